The fourth-order valence-corrected chi connectivity index (χ4v) is 2.54. The van der Waals surface area contributed by atoms with E-state index in [0.717, 1.165) is 38.0 Å². The van der Waals surface area contributed by atoms with Crippen molar-refractivity contribution in [3.63, 3.8) is 0 Å². The summed E-state index contributed by atoms with van der Waals surface area (Å²) >= 11 is 0. The van der Waals surface area contributed by atoms with E-state index in [-0.39, 0.29) is 11.9 Å². The Morgan fingerprint density at radius 3 is 2.86 bits per heavy atom. The predicted octanol–water partition coefficient (Wildman–Crippen LogP) is 2.26. The van der Waals surface area contributed by atoms with Gasteiger partial charge in [0.2, 0.25) is 5.91 Å². The molecule has 0 radical (unpaired) electrons. The zero-order valence-corrected chi connectivity index (χ0v) is 13.4. The third kappa shape index (κ3) is 4.46. The number of hydrogen-bond acceptors (Lipinski definition) is 3. The second-order valence-electron chi connectivity index (χ2n) is 6.13. The van der Waals surface area contributed by atoms with Crippen LogP contribution in [-0.4, -0.2) is 43.0 Å². The van der Waals surface area contributed by atoms with Gasteiger partial charge in [0.05, 0.1) is 0 Å². The lowest BCUT2D eigenvalue weighted by Gasteiger charge is -2.20. The Morgan fingerprint density at radius 1 is 1.38 bits per heavy atom. The number of benzene rings is 1. The second-order valence-corrected chi connectivity index (χ2v) is 6.13. The average molecular weight is 289 g/mol. The summed E-state index contributed by atoms with van der Waals surface area (Å²) in [5.41, 5.74) is 2.33. The van der Waals surface area contributed by atoms with Crippen LogP contribution in [0.25, 0.3) is 0 Å². The van der Waals surface area contributed by atoms with E-state index in [9.17, 15) is 4.79 Å². The van der Waals surface area contributed by atoms with E-state index in [1.165, 1.54) is 5.56 Å². The van der Waals surface area contributed by atoms with Crippen molar-refractivity contribution in [2.75, 3.05) is 25.5 Å². The van der Waals surface area contributed by atoms with E-state index in [1.54, 1.807) is 0 Å². The first kappa shape index (κ1) is 15.8. The molecule has 1 atom stereocenters. The van der Waals surface area contributed by atoms with Crippen LogP contribution in [0, 0.1) is 0 Å². The standard InChI is InChI=1S/C17H27N3O/c1-13(2)20(3)11-7-6-10-18-17(21)16-12-14-8-4-5-9-15(14)19-16/h4-5,8-9,13,16,19H,6-7,10-12H2,1-3H3,(H,18,21)/t16-/m0/s1. The first-order valence-corrected chi connectivity index (χ1v) is 7.90. The van der Waals surface area contributed by atoms with Gasteiger partial charge in [0.15, 0.2) is 0 Å². The lowest BCUT2D eigenvalue weighted by Crippen LogP contribution is -2.39. The first-order valence-electron chi connectivity index (χ1n) is 7.90. The van der Waals surface area contributed by atoms with E-state index in [4.69, 9.17) is 0 Å². The highest BCUT2D eigenvalue weighted by molar-refractivity contribution is 5.87. The first-order chi connectivity index (χ1) is 10.1. The monoisotopic (exact) mass is 289 g/mol. The zero-order chi connectivity index (χ0) is 15.2. The van der Waals surface area contributed by atoms with Crippen molar-refractivity contribution >= 4 is 11.6 Å². The molecule has 1 amide bonds. The summed E-state index contributed by atoms with van der Waals surface area (Å²) in [6.07, 6.45) is 2.94. The highest BCUT2D eigenvalue weighted by Gasteiger charge is 2.25. The van der Waals surface area contributed by atoms with Crippen molar-refractivity contribution in [2.45, 2.75) is 45.2 Å². The molecule has 4 heteroatoms. The molecule has 0 spiro atoms. The van der Waals surface area contributed by atoms with Crippen molar-refractivity contribution in [3.8, 4) is 0 Å². The van der Waals surface area contributed by atoms with Gasteiger partial charge in [-0.3, -0.25) is 4.79 Å². The summed E-state index contributed by atoms with van der Waals surface area (Å²) in [6, 6.07) is 8.60. The molecule has 1 aromatic rings. The van der Waals surface area contributed by atoms with Crippen molar-refractivity contribution in [2.24, 2.45) is 0 Å². The normalized spacial score (nSPS) is 16.9. The molecule has 0 saturated carbocycles. The third-order valence-electron chi connectivity index (χ3n) is 4.21. The highest BCUT2D eigenvalue weighted by atomic mass is 16.2. The van der Waals surface area contributed by atoms with Crippen LogP contribution >= 0.6 is 0 Å². The summed E-state index contributed by atoms with van der Waals surface area (Å²) in [5.74, 6) is 0.114. The Balaban J connectivity index is 1.63. The topological polar surface area (TPSA) is 44.4 Å². The van der Waals surface area contributed by atoms with Gasteiger partial charge in [0.25, 0.3) is 0 Å². The van der Waals surface area contributed by atoms with E-state index < -0.39 is 0 Å². The molecule has 21 heavy (non-hydrogen) atoms. The van der Waals surface area contributed by atoms with Gasteiger partial charge in [-0.25, -0.2) is 0 Å². The van der Waals surface area contributed by atoms with Gasteiger partial charge in [-0.1, -0.05) is 18.2 Å². The molecule has 2 N–H and O–H groups in total. The largest absolute Gasteiger partial charge is 0.373 e. The maximum atomic E-state index is 12.1. The van der Waals surface area contributed by atoms with E-state index >= 15 is 0 Å². The molecule has 1 heterocycles. The third-order valence-corrected chi connectivity index (χ3v) is 4.21. The van der Waals surface area contributed by atoms with E-state index in [1.807, 2.05) is 18.2 Å². The van der Waals surface area contributed by atoms with Gasteiger partial charge in [-0.15, -0.1) is 0 Å². The minimum absolute atomic E-state index is 0.110. The van der Waals surface area contributed by atoms with Crippen molar-refractivity contribution in [3.05, 3.63) is 29.8 Å². The average Bonchev–Trinajstić information content (AvgIpc) is 2.90. The number of fused-ring (bicyclic) bond motifs is 1. The molecule has 0 saturated heterocycles. The van der Waals surface area contributed by atoms with Crippen molar-refractivity contribution in [1.29, 1.82) is 0 Å². The molecule has 0 fully saturated rings. The van der Waals surface area contributed by atoms with Gasteiger partial charge in [-0.2, -0.15) is 0 Å². The predicted molar refractivity (Wildman–Crippen MR) is 87.6 cm³/mol. The quantitative estimate of drug-likeness (QED) is 0.757. The Morgan fingerprint density at radius 2 is 2.14 bits per heavy atom. The summed E-state index contributed by atoms with van der Waals surface area (Å²) in [7, 11) is 2.14. The van der Waals surface area contributed by atoms with Crippen molar-refractivity contribution < 1.29 is 4.79 Å². The summed E-state index contributed by atoms with van der Waals surface area (Å²) < 4.78 is 0. The summed E-state index contributed by atoms with van der Waals surface area (Å²) in [6.45, 7) is 6.25. The minimum atomic E-state index is -0.110. The molecule has 0 aliphatic carbocycles. The van der Waals surface area contributed by atoms with E-state index in [2.05, 4.69) is 42.5 Å². The smallest absolute Gasteiger partial charge is 0.242 e. The number of anilines is 1. The molecular formula is C17H27N3O. The lowest BCUT2D eigenvalue weighted by atomic mass is 10.1. The SMILES string of the molecule is CC(C)N(C)CCCCNC(=O)[C@@H]1Cc2ccccc2N1. The van der Waals surface area contributed by atoms with Crippen LogP contribution in [0.15, 0.2) is 24.3 Å². The molecule has 116 valence electrons. The van der Waals surface area contributed by atoms with Crippen LogP contribution < -0.4 is 10.6 Å². The van der Waals surface area contributed by atoms with Crippen LogP contribution in [0.1, 0.15) is 32.3 Å². The zero-order valence-electron chi connectivity index (χ0n) is 13.4. The molecule has 4 nitrogen and oxygen atoms in total. The van der Waals surface area contributed by atoms with Crippen LogP contribution in [0.5, 0.6) is 0 Å². The molecule has 0 bridgehead atoms. The summed E-state index contributed by atoms with van der Waals surface area (Å²) in [4.78, 5) is 14.5. The van der Waals surface area contributed by atoms with E-state index in [0.29, 0.717) is 6.04 Å². The van der Waals surface area contributed by atoms with Crippen LogP contribution in [-0.2, 0) is 11.2 Å². The molecule has 0 aromatic heterocycles. The van der Waals surface area contributed by atoms with Crippen LogP contribution in [0.2, 0.25) is 0 Å². The molecule has 0 unspecified atom stereocenters. The highest BCUT2D eigenvalue weighted by Crippen LogP contribution is 2.24. The second kappa shape index (κ2) is 7.46. The van der Waals surface area contributed by atoms with Crippen LogP contribution in [0.4, 0.5) is 5.69 Å². The van der Waals surface area contributed by atoms with Crippen LogP contribution in [0.3, 0.4) is 0 Å². The fourth-order valence-electron chi connectivity index (χ4n) is 2.54. The maximum absolute atomic E-state index is 12.1. The molecule has 1 aliphatic heterocycles. The lowest BCUT2D eigenvalue weighted by molar-refractivity contribution is -0.121. The van der Waals surface area contributed by atoms with Gasteiger partial charge < -0.3 is 15.5 Å². The fraction of sp³-hybridized carbons (Fsp3) is 0.588. The number of nitrogens with zero attached hydrogens (tertiary/aromatic N) is 1. The number of para-hydroxylation sites is 1. The van der Waals surface area contributed by atoms with Crippen molar-refractivity contribution in [1.82, 2.24) is 10.2 Å². The minimum Gasteiger partial charge on any atom is -0.373 e. The Bertz CT molecular complexity index is 448. The maximum Gasteiger partial charge on any atom is 0.242 e. The number of rotatable bonds is 7. The van der Waals surface area contributed by atoms with Gasteiger partial charge in [0.1, 0.15) is 6.04 Å². The number of hydrogen-bond donors (Lipinski definition) is 2. The Kier molecular flexibility index (Phi) is 5.62. The molecule has 2 rings (SSSR count). The van der Waals surface area contributed by atoms with Gasteiger partial charge in [-0.05, 0) is 51.9 Å². The molecule has 1 aliphatic rings. The molecule has 1 aromatic carbocycles. The molecular weight excluding hydrogens is 262 g/mol. The Labute approximate surface area is 127 Å². The van der Waals surface area contributed by atoms with Gasteiger partial charge in [0, 0.05) is 24.7 Å². The Hall–Kier alpha value is -1.55. The number of amides is 1. The number of carbonyl (C=O) groups is 1. The number of carbonyl (C=O) groups excluding carboxylic acids is 1. The summed E-state index contributed by atoms with van der Waals surface area (Å²) in [5, 5.41) is 6.33. The van der Waals surface area contributed by atoms with Gasteiger partial charge >= 0.3 is 0 Å². The number of unbranched alkanes of at least 4 members (excludes halogenated alkanes) is 1. The number of nitrogens with one attached hydrogen (secondary N) is 2.